The van der Waals surface area contributed by atoms with Crippen LogP contribution in [0.3, 0.4) is 0 Å². The van der Waals surface area contributed by atoms with E-state index in [1.807, 2.05) is 0 Å². The van der Waals surface area contributed by atoms with Crippen LogP contribution >= 0.6 is 24.8 Å². The van der Waals surface area contributed by atoms with Gasteiger partial charge in [0.05, 0.1) is 6.20 Å². The Morgan fingerprint density at radius 3 is 2.70 bits per heavy atom. The van der Waals surface area contributed by atoms with Crippen LogP contribution in [-0.2, 0) is 0 Å². The molecular formula is C12H21Cl2N5O. The molecule has 20 heavy (non-hydrogen) atoms. The van der Waals surface area contributed by atoms with Gasteiger partial charge in [-0.1, -0.05) is 0 Å². The van der Waals surface area contributed by atoms with Crippen molar-refractivity contribution in [1.82, 2.24) is 25.5 Å². The van der Waals surface area contributed by atoms with Crippen molar-refractivity contribution in [3.8, 4) is 0 Å². The first-order valence-electron chi connectivity index (χ1n) is 6.33. The van der Waals surface area contributed by atoms with Crippen molar-refractivity contribution < 1.29 is 4.79 Å². The number of hydrogen-bond donors (Lipinski definition) is 2. The molecule has 1 amide bonds. The lowest BCUT2D eigenvalue weighted by Crippen LogP contribution is -2.44. The van der Waals surface area contributed by atoms with Crippen molar-refractivity contribution in [3.63, 3.8) is 0 Å². The van der Waals surface area contributed by atoms with E-state index in [0.717, 1.165) is 39.1 Å². The molecule has 2 rings (SSSR count). The Bertz CT molecular complexity index is 373. The van der Waals surface area contributed by atoms with E-state index >= 15 is 0 Å². The third-order valence-electron chi connectivity index (χ3n) is 2.94. The number of hydrogen-bond acceptors (Lipinski definition) is 5. The summed E-state index contributed by atoms with van der Waals surface area (Å²) in [4.78, 5) is 21.9. The second-order valence-corrected chi connectivity index (χ2v) is 4.29. The molecule has 1 fully saturated rings. The highest BCUT2D eigenvalue weighted by atomic mass is 35.5. The van der Waals surface area contributed by atoms with Crippen LogP contribution in [0, 0.1) is 0 Å². The average Bonchev–Trinajstić information content (AvgIpc) is 2.45. The van der Waals surface area contributed by atoms with Gasteiger partial charge in [0.15, 0.2) is 0 Å². The van der Waals surface area contributed by atoms with Gasteiger partial charge in [0.25, 0.3) is 5.91 Å². The number of amides is 1. The van der Waals surface area contributed by atoms with Crippen molar-refractivity contribution in [2.24, 2.45) is 0 Å². The Labute approximate surface area is 131 Å². The topological polar surface area (TPSA) is 70.2 Å². The van der Waals surface area contributed by atoms with E-state index in [-0.39, 0.29) is 30.7 Å². The molecule has 1 aromatic rings. The lowest BCUT2D eigenvalue weighted by molar-refractivity contribution is 0.0946. The Hall–Kier alpha value is -0.950. The predicted octanol–water partition coefficient (Wildman–Crippen LogP) is 0.345. The second kappa shape index (κ2) is 10.8. The van der Waals surface area contributed by atoms with E-state index in [2.05, 4.69) is 25.5 Å². The zero-order chi connectivity index (χ0) is 12.6. The fraction of sp³-hybridized carbons (Fsp3) is 0.583. The third kappa shape index (κ3) is 6.47. The minimum absolute atomic E-state index is 0. The van der Waals surface area contributed by atoms with E-state index in [1.54, 1.807) is 6.20 Å². The number of nitrogens with zero attached hydrogens (tertiary/aromatic N) is 3. The molecule has 1 aliphatic heterocycles. The number of halogens is 2. The maximum Gasteiger partial charge on any atom is 0.271 e. The van der Waals surface area contributed by atoms with Crippen LogP contribution in [0.1, 0.15) is 16.9 Å². The van der Waals surface area contributed by atoms with Crippen LogP contribution < -0.4 is 10.6 Å². The summed E-state index contributed by atoms with van der Waals surface area (Å²) >= 11 is 0. The normalized spacial score (nSPS) is 14.8. The van der Waals surface area contributed by atoms with Gasteiger partial charge in [0, 0.05) is 45.1 Å². The number of rotatable bonds is 5. The molecule has 1 aliphatic rings. The fourth-order valence-electron chi connectivity index (χ4n) is 1.95. The minimum atomic E-state index is -0.150. The summed E-state index contributed by atoms with van der Waals surface area (Å²) in [7, 11) is 0. The van der Waals surface area contributed by atoms with Crippen LogP contribution in [0.5, 0.6) is 0 Å². The Morgan fingerprint density at radius 2 is 2.05 bits per heavy atom. The molecule has 8 heteroatoms. The summed E-state index contributed by atoms with van der Waals surface area (Å²) < 4.78 is 0. The summed E-state index contributed by atoms with van der Waals surface area (Å²) in [5.41, 5.74) is 0.375. The molecule has 0 aliphatic carbocycles. The molecule has 0 radical (unpaired) electrons. The molecule has 0 unspecified atom stereocenters. The number of carbonyl (C=O) groups excluding carboxylic acids is 1. The van der Waals surface area contributed by atoms with Crippen LogP contribution in [0.4, 0.5) is 0 Å². The molecular weight excluding hydrogens is 301 g/mol. The molecule has 1 saturated heterocycles. The highest BCUT2D eigenvalue weighted by molar-refractivity contribution is 5.91. The zero-order valence-corrected chi connectivity index (χ0v) is 12.9. The van der Waals surface area contributed by atoms with E-state index in [1.165, 1.54) is 12.4 Å². The standard InChI is InChI=1S/C12H19N5O.2ClH/c18-12(11-10-14-3-4-15-11)16-2-1-7-17-8-5-13-6-9-17;;/h3-4,10,13H,1-2,5-9H2,(H,16,18);2*1H. The molecule has 0 spiro atoms. The summed E-state index contributed by atoms with van der Waals surface area (Å²) in [6.45, 7) is 6.02. The highest BCUT2D eigenvalue weighted by Crippen LogP contribution is 1.94. The van der Waals surface area contributed by atoms with Gasteiger partial charge in [0.2, 0.25) is 0 Å². The number of piperazine rings is 1. The first-order valence-corrected chi connectivity index (χ1v) is 6.33. The van der Waals surface area contributed by atoms with Gasteiger partial charge in [-0.15, -0.1) is 24.8 Å². The molecule has 114 valence electrons. The number of carbonyl (C=O) groups is 1. The molecule has 6 nitrogen and oxygen atoms in total. The van der Waals surface area contributed by atoms with Crippen molar-refractivity contribution in [1.29, 1.82) is 0 Å². The molecule has 2 heterocycles. The van der Waals surface area contributed by atoms with E-state index in [0.29, 0.717) is 12.2 Å². The molecule has 0 saturated carbocycles. The van der Waals surface area contributed by atoms with Crippen LogP contribution in [0.25, 0.3) is 0 Å². The van der Waals surface area contributed by atoms with E-state index in [4.69, 9.17) is 0 Å². The highest BCUT2D eigenvalue weighted by Gasteiger charge is 2.09. The van der Waals surface area contributed by atoms with Crippen molar-refractivity contribution in [3.05, 3.63) is 24.3 Å². The Balaban J connectivity index is 0.00000180. The summed E-state index contributed by atoms with van der Waals surface area (Å²) in [5, 5.41) is 6.17. The van der Waals surface area contributed by atoms with Gasteiger partial charge in [-0.2, -0.15) is 0 Å². The van der Waals surface area contributed by atoms with Gasteiger partial charge in [-0.05, 0) is 13.0 Å². The monoisotopic (exact) mass is 321 g/mol. The van der Waals surface area contributed by atoms with Crippen LogP contribution in [0.2, 0.25) is 0 Å². The summed E-state index contributed by atoms with van der Waals surface area (Å²) in [5.74, 6) is -0.150. The van der Waals surface area contributed by atoms with Crippen LogP contribution in [-0.4, -0.2) is 60.0 Å². The molecule has 0 atom stereocenters. The maximum atomic E-state index is 11.7. The summed E-state index contributed by atoms with van der Waals surface area (Å²) in [6.07, 6.45) is 5.52. The average molecular weight is 322 g/mol. The quantitative estimate of drug-likeness (QED) is 0.766. The first kappa shape index (κ1) is 19.1. The largest absolute Gasteiger partial charge is 0.351 e. The van der Waals surface area contributed by atoms with Gasteiger partial charge in [-0.3, -0.25) is 9.78 Å². The van der Waals surface area contributed by atoms with Gasteiger partial charge >= 0.3 is 0 Å². The maximum absolute atomic E-state index is 11.7. The molecule has 1 aromatic heterocycles. The van der Waals surface area contributed by atoms with Gasteiger partial charge < -0.3 is 15.5 Å². The minimum Gasteiger partial charge on any atom is -0.351 e. The van der Waals surface area contributed by atoms with Gasteiger partial charge in [0.1, 0.15) is 5.69 Å². The fourth-order valence-corrected chi connectivity index (χ4v) is 1.95. The van der Waals surface area contributed by atoms with E-state index < -0.39 is 0 Å². The smallest absolute Gasteiger partial charge is 0.271 e. The van der Waals surface area contributed by atoms with Crippen LogP contribution in [0.15, 0.2) is 18.6 Å². The first-order chi connectivity index (χ1) is 8.86. The van der Waals surface area contributed by atoms with Crippen molar-refractivity contribution in [2.45, 2.75) is 6.42 Å². The Morgan fingerprint density at radius 1 is 1.30 bits per heavy atom. The van der Waals surface area contributed by atoms with Crippen molar-refractivity contribution >= 4 is 30.7 Å². The number of nitrogens with one attached hydrogen (secondary N) is 2. The molecule has 2 N–H and O–H groups in total. The lowest BCUT2D eigenvalue weighted by Gasteiger charge is -2.27. The predicted molar refractivity (Wildman–Crippen MR) is 82.8 cm³/mol. The SMILES string of the molecule is Cl.Cl.O=C(NCCCN1CCNCC1)c1cnccn1. The molecule has 0 aromatic carbocycles. The van der Waals surface area contributed by atoms with Gasteiger partial charge in [-0.25, -0.2) is 4.98 Å². The Kier molecular flexibility index (Phi) is 10.3. The molecule has 0 bridgehead atoms. The lowest BCUT2D eigenvalue weighted by atomic mass is 10.3. The van der Waals surface area contributed by atoms with E-state index in [9.17, 15) is 4.79 Å². The zero-order valence-electron chi connectivity index (χ0n) is 11.2. The van der Waals surface area contributed by atoms with Crippen molar-refractivity contribution in [2.75, 3.05) is 39.3 Å². The third-order valence-corrected chi connectivity index (χ3v) is 2.94. The number of aromatic nitrogens is 2. The second-order valence-electron chi connectivity index (χ2n) is 4.29. The summed E-state index contributed by atoms with van der Waals surface area (Å²) in [6, 6.07) is 0.